The molecule has 0 heterocycles. The number of hydrogen-bond acceptors (Lipinski definition) is 1. The Morgan fingerprint density at radius 1 is 0.182 bits per heavy atom. The Balaban J connectivity index is 0.994. The molecule has 0 amide bonds. The number of anilines is 3. The smallest absolute Gasteiger partial charge is 0.0462 e. The minimum absolute atomic E-state index is 1.11. The average molecular weight is 702 g/mol. The molecule has 0 aliphatic heterocycles. The molecule has 0 N–H and O–H groups in total. The van der Waals surface area contributed by atoms with Crippen molar-refractivity contribution in [3.8, 4) is 66.8 Å². The van der Waals surface area contributed by atoms with Gasteiger partial charge in [0.1, 0.15) is 0 Å². The van der Waals surface area contributed by atoms with E-state index in [1.807, 2.05) is 0 Å². The van der Waals surface area contributed by atoms with Gasteiger partial charge in [0.2, 0.25) is 0 Å². The second-order valence-electron chi connectivity index (χ2n) is 13.8. The molecule has 0 radical (unpaired) electrons. The van der Waals surface area contributed by atoms with Crippen LogP contribution >= 0.6 is 0 Å². The largest absolute Gasteiger partial charge is 0.311 e. The maximum Gasteiger partial charge on any atom is 0.0462 e. The van der Waals surface area contributed by atoms with Crippen LogP contribution in [0.1, 0.15) is 0 Å². The SMILES string of the molecule is c1ccc(-c2ccc(-c3ccc(N(c4ccccc4)c4ccc(-c5ccc(-c6cc(-c7ccccc7)ccc6-c6ccccc6)cc5)cc4)cc3)cc2)cc1. The molecule has 1 heteroatoms. The van der Waals surface area contributed by atoms with E-state index in [0.717, 1.165) is 17.1 Å². The van der Waals surface area contributed by atoms with Gasteiger partial charge in [0, 0.05) is 17.1 Å². The summed E-state index contributed by atoms with van der Waals surface area (Å²) in [4.78, 5) is 2.32. The summed E-state index contributed by atoms with van der Waals surface area (Å²) >= 11 is 0. The molecule has 0 spiro atoms. The van der Waals surface area contributed by atoms with Crippen LogP contribution in [0, 0.1) is 0 Å². The molecule has 0 fully saturated rings. The number of benzene rings is 9. The van der Waals surface area contributed by atoms with Crippen molar-refractivity contribution < 1.29 is 0 Å². The second kappa shape index (κ2) is 15.4. The highest BCUT2D eigenvalue weighted by Gasteiger charge is 2.14. The molecule has 9 rings (SSSR count). The van der Waals surface area contributed by atoms with Gasteiger partial charge < -0.3 is 4.90 Å². The third kappa shape index (κ3) is 7.25. The number of hydrogen-bond donors (Lipinski definition) is 0. The topological polar surface area (TPSA) is 3.24 Å². The molecule has 0 aromatic heterocycles. The first-order valence-corrected chi connectivity index (χ1v) is 18.8. The Labute approximate surface area is 324 Å². The lowest BCUT2D eigenvalue weighted by molar-refractivity contribution is 1.28. The fourth-order valence-corrected chi connectivity index (χ4v) is 7.42. The Morgan fingerprint density at radius 3 is 0.891 bits per heavy atom. The van der Waals surface area contributed by atoms with Gasteiger partial charge in [-0.25, -0.2) is 0 Å². The molecule has 0 bridgehead atoms. The Morgan fingerprint density at radius 2 is 0.455 bits per heavy atom. The normalized spacial score (nSPS) is 10.9. The van der Waals surface area contributed by atoms with E-state index in [1.165, 1.54) is 66.8 Å². The molecule has 0 aliphatic rings. The van der Waals surface area contributed by atoms with E-state index in [0.29, 0.717) is 0 Å². The van der Waals surface area contributed by atoms with Crippen LogP contribution in [0.5, 0.6) is 0 Å². The fraction of sp³-hybridized carbons (Fsp3) is 0. The molecular formula is C54H39N. The molecule has 0 unspecified atom stereocenters. The van der Waals surface area contributed by atoms with Crippen LogP contribution in [0.2, 0.25) is 0 Å². The first kappa shape index (κ1) is 33.6. The lowest BCUT2D eigenvalue weighted by Gasteiger charge is -2.26. The first-order valence-electron chi connectivity index (χ1n) is 18.8. The highest BCUT2D eigenvalue weighted by atomic mass is 15.1. The summed E-state index contributed by atoms with van der Waals surface area (Å²) in [7, 11) is 0. The van der Waals surface area contributed by atoms with Crippen molar-refractivity contribution in [3.05, 3.63) is 237 Å². The van der Waals surface area contributed by atoms with E-state index >= 15 is 0 Å². The molecule has 9 aromatic carbocycles. The van der Waals surface area contributed by atoms with Crippen LogP contribution in [0.4, 0.5) is 17.1 Å². The summed E-state index contributed by atoms with van der Waals surface area (Å²) in [6.45, 7) is 0. The molecule has 0 atom stereocenters. The molecule has 55 heavy (non-hydrogen) atoms. The fourth-order valence-electron chi connectivity index (χ4n) is 7.42. The molecule has 0 saturated carbocycles. The number of rotatable bonds is 9. The highest BCUT2D eigenvalue weighted by Crippen LogP contribution is 2.39. The van der Waals surface area contributed by atoms with Gasteiger partial charge in [-0.1, -0.05) is 194 Å². The van der Waals surface area contributed by atoms with Crippen LogP contribution in [0.25, 0.3) is 66.8 Å². The van der Waals surface area contributed by atoms with Crippen molar-refractivity contribution >= 4 is 17.1 Å². The van der Waals surface area contributed by atoms with E-state index in [-0.39, 0.29) is 0 Å². The average Bonchev–Trinajstić information content (AvgIpc) is 3.28. The second-order valence-corrected chi connectivity index (χ2v) is 13.8. The van der Waals surface area contributed by atoms with Gasteiger partial charge in [0.25, 0.3) is 0 Å². The summed E-state index contributed by atoms with van der Waals surface area (Å²) < 4.78 is 0. The zero-order valence-corrected chi connectivity index (χ0v) is 30.5. The third-order valence-electron chi connectivity index (χ3n) is 10.3. The lowest BCUT2D eigenvalue weighted by atomic mass is 9.90. The molecule has 0 aliphatic carbocycles. The van der Waals surface area contributed by atoms with Crippen LogP contribution in [0.15, 0.2) is 237 Å². The first-order chi connectivity index (χ1) is 27.3. The van der Waals surface area contributed by atoms with Gasteiger partial charge in [-0.3, -0.25) is 0 Å². The zero-order valence-electron chi connectivity index (χ0n) is 30.5. The summed E-state index contributed by atoms with van der Waals surface area (Å²) in [6.07, 6.45) is 0. The van der Waals surface area contributed by atoms with E-state index < -0.39 is 0 Å². The van der Waals surface area contributed by atoms with Crippen molar-refractivity contribution in [2.75, 3.05) is 4.90 Å². The maximum atomic E-state index is 2.33. The summed E-state index contributed by atoms with van der Waals surface area (Å²) in [5, 5.41) is 0. The van der Waals surface area contributed by atoms with Crippen molar-refractivity contribution in [1.29, 1.82) is 0 Å². The molecule has 0 saturated heterocycles. The molecule has 9 aromatic rings. The van der Waals surface area contributed by atoms with E-state index in [4.69, 9.17) is 0 Å². The molecule has 260 valence electrons. The Hall–Kier alpha value is -7.22. The highest BCUT2D eigenvalue weighted by molar-refractivity contribution is 5.88. The van der Waals surface area contributed by atoms with Crippen molar-refractivity contribution in [3.63, 3.8) is 0 Å². The van der Waals surface area contributed by atoms with Crippen LogP contribution in [-0.2, 0) is 0 Å². The lowest BCUT2D eigenvalue weighted by Crippen LogP contribution is -2.09. The third-order valence-corrected chi connectivity index (χ3v) is 10.3. The predicted octanol–water partition coefficient (Wildman–Crippen LogP) is 15.2. The molecular weight excluding hydrogens is 663 g/mol. The van der Waals surface area contributed by atoms with Crippen molar-refractivity contribution in [1.82, 2.24) is 0 Å². The monoisotopic (exact) mass is 701 g/mol. The van der Waals surface area contributed by atoms with Gasteiger partial charge in [0.05, 0.1) is 0 Å². The van der Waals surface area contributed by atoms with Crippen LogP contribution < -0.4 is 4.90 Å². The van der Waals surface area contributed by atoms with Gasteiger partial charge in [-0.2, -0.15) is 0 Å². The minimum Gasteiger partial charge on any atom is -0.311 e. The van der Waals surface area contributed by atoms with Gasteiger partial charge in [-0.15, -0.1) is 0 Å². The van der Waals surface area contributed by atoms with Gasteiger partial charge in [0.15, 0.2) is 0 Å². The van der Waals surface area contributed by atoms with E-state index in [9.17, 15) is 0 Å². The van der Waals surface area contributed by atoms with Crippen molar-refractivity contribution in [2.45, 2.75) is 0 Å². The van der Waals surface area contributed by atoms with E-state index in [1.54, 1.807) is 0 Å². The summed E-state index contributed by atoms with van der Waals surface area (Å²) in [5.74, 6) is 0. The standard InChI is InChI=1S/C54H39N/c1-5-13-40(14-6-1)42-21-23-43(24-22-42)45-29-34-51(35-30-45)55(50-19-11-4-12-20-50)52-36-31-46(32-37-52)44-25-27-48(28-26-44)54-39-49(41-15-7-2-8-16-41)33-38-53(54)47-17-9-3-10-18-47/h1-39H. The minimum atomic E-state index is 1.11. The maximum absolute atomic E-state index is 2.33. The summed E-state index contributed by atoms with van der Waals surface area (Å²) in [6, 6.07) is 84.8. The van der Waals surface area contributed by atoms with Gasteiger partial charge >= 0.3 is 0 Å². The quantitative estimate of drug-likeness (QED) is 0.145. The molecule has 1 nitrogen and oxygen atoms in total. The predicted molar refractivity (Wildman–Crippen MR) is 234 cm³/mol. The zero-order chi connectivity index (χ0) is 36.8. The van der Waals surface area contributed by atoms with Crippen LogP contribution in [0.3, 0.4) is 0 Å². The van der Waals surface area contributed by atoms with Gasteiger partial charge in [-0.05, 0) is 109 Å². The van der Waals surface area contributed by atoms with E-state index in [2.05, 4.69) is 241 Å². The Kier molecular flexibility index (Phi) is 9.41. The Bertz CT molecular complexity index is 2610. The number of nitrogens with zero attached hydrogens (tertiary/aromatic N) is 1. The number of para-hydroxylation sites is 1. The summed E-state index contributed by atoms with van der Waals surface area (Å²) in [5.41, 5.74) is 17.8. The van der Waals surface area contributed by atoms with Crippen molar-refractivity contribution in [2.24, 2.45) is 0 Å². The van der Waals surface area contributed by atoms with Crippen LogP contribution in [-0.4, -0.2) is 0 Å².